The number of halogens is 2. The third-order valence-corrected chi connectivity index (χ3v) is 6.35. The SMILES string of the molecule is CCCOC(=O)c1c(NC(=O)c2cc(-c3ccc(Cl)c(Cl)c3)n[nH]2)sc(C(=O)OC)c1C. The lowest BCUT2D eigenvalue weighted by molar-refractivity contribution is 0.0506. The first-order valence-electron chi connectivity index (χ1n) is 9.47. The van der Waals surface area contributed by atoms with Gasteiger partial charge < -0.3 is 14.8 Å². The van der Waals surface area contributed by atoms with Gasteiger partial charge in [-0.2, -0.15) is 5.10 Å². The molecule has 2 N–H and O–H groups in total. The lowest BCUT2D eigenvalue weighted by Crippen LogP contribution is -2.15. The summed E-state index contributed by atoms with van der Waals surface area (Å²) in [5.41, 5.74) is 1.78. The molecule has 0 atom stereocenters. The van der Waals surface area contributed by atoms with Crippen LogP contribution >= 0.6 is 34.5 Å². The Morgan fingerprint density at radius 2 is 1.91 bits per heavy atom. The van der Waals surface area contributed by atoms with Gasteiger partial charge in [-0.1, -0.05) is 36.2 Å². The predicted octanol–water partition coefficient (Wildman–Crippen LogP) is 5.36. The quantitative estimate of drug-likeness (QED) is 0.426. The Morgan fingerprint density at radius 3 is 2.56 bits per heavy atom. The average molecular weight is 496 g/mol. The fourth-order valence-corrected chi connectivity index (χ4v) is 4.22. The van der Waals surface area contributed by atoms with Crippen molar-refractivity contribution in [3.05, 3.63) is 56.0 Å². The number of amides is 1. The summed E-state index contributed by atoms with van der Waals surface area (Å²) in [6.07, 6.45) is 0.631. The molecule has 1 amide bonds. The van der Waals surface area contributed by atoms with Gasteiger partial charge in [0.1, 0.15) is 15.6 Å². The number of esters is 2. The van der Waals surface area contributed by atoms with Gasteiger partial charge in [-0.05, 0) is 37.1 Å². The minimum atomic E-state index is -0.632. The average Bonchev–Trinajstić information content (AvgIpc) is 3.38. The van der Waals surface area contributed by atoms with E-state index in [-0.39, 0.29) is 27.7 Å². The molecule has 168 valence electrons. The molecule has 0 spiro atoms. The Hall–Kier alpha value is -2.88. The molecule has 0 bridgehead atoms. The maximum atomic E-state index is 12.8. The van der Waals surface area contributed by atoms with Gasteiger partial charge in [-0.15, -0.1) is 11.3 Å². The third-order valence-electron chi connectivity index (χ3n) is 4.42. The smallest absolute Gasteiger partial charge is 0.348 e. The van der Waals surface area contributed by atoms with Crippen LogP contribution in [0.2, 0.25) is 10.0 Å². The molecule has 0 aliphatic rings. The number of thiophene rings is 1. The highest BCUT2D eigenvalue weighted by atomic mass is 35.5. The number of aromatic nitrogens is 2. The monoisotopic (exact) mass is 495 g/mol. The summed E-state index contributed by atoms with van der Waals surface area (Å²) in [5.74, 6) is -1.79. The number of nitrogens with zero attached hydrogens (tertiary/aromatic N) is 1. The molecule has 1 aromatic carbocycles. The number of methoxy groups -OCH3 is 1. The third kappa shape index (κ3) is 4.95. The molecule has 3 rings (SSSR count). The van der Waals surface area contributed by atoms with Crippen molar-refractivity contribution >= 4 is 57.4 Å². The molecule has 0 aliphatic heterocycles. The molecule has 2 aromatic heterocycles. The van der Waals surface area contributed by atoms with Crippen LogP contribution in [-0.2, 0) is 9.47 Å². The maximum Gasteiger partial charge on any atom is 0.348 e. The number of rotatable bonds is 7. The Labute approximate surface area is 197 Å². The second kappa shape index (κ2) is 10.2. The molecule has 0 saturated carbocycles. The van der Waals surface area contributed by atoms with E-state index in [0.29, 0.717) is 33.3 Å². The number of anilines is 1. The fourth-order valence-electron chi connectivity index (χ4n) is 2.81. The summed E-state index contributed by atoms with van der Waals surface area (Å²) in [4.78, 5) is 37.7. The lowest BCUT2D eigenvalue weighted by Gasteiger charge is -2.07. The molecule has 11 heteroatoms. The van der Waals surface area contributed by atoms with Crippen molar-refractivity contribution in [1.29, 1.82) is 0 Å². The first-order valence-corrected chi connectivity index (χ1v) is 11.0. The Bertz CT molecular complexity index is 1190. The van der Waals surface area contributed by atoms with E-state index < -0.39 is 17.8 Å². The number of hydrogen-bond acceptors (Lipinski definition) is 7. The molecule has 0 saturated heterocycles. The highest BCUT2D eigenvalue weighted by Gasteiger charge is 2.27. The van der Waals surface area contributed by atoms with E-state index in [1.807, 2.05) is 6.92 Å². The van der Waals surface area contributed by atoms with Gasteiger partial charge in [-0.3, -0.25) is 9.89 Å². The Morgan fingerprint density at radius 1 is 1.16 bits per heavy atom. The van der Waals surface area contributed by atoms with Crippen LogP contribution in [0.5, 0.6) is 0 Å². The van der Waals surface area contributed by atoms with Crippen molar-refractivity contribution in [3.8, 4) is 11.3 Å². The number of aromatic amines is 1. The number of nitrogens with one attached hydrogen (secondary N) is 2. The largest absolute Gasteiger partial charge is 0.465 e. The zero-order valence-corrected chi connectivity index (χ0v) is 19.7. The normalized spacial score (nSPS) is 10.7. The van der Waals surface area contributed by atoms with E-state index in [9.17, 15) is 14.4 Å². The summed E-state index contributed by atoms with van der Waals surface area (Å²) >= 11 is 12.9. The number of carbonyl (C=O) groups is 3. The lowest BCUT2D eigenvalue weighted by atomic mass is 10.1. The summed E-state index contributed by atoms with van der Waals surface area (Å²) in [6.45, 7) is 3.67. The molecular formula is C21H19Cl2N3O5S. The molecular weight excluding hydrogens is 477 g/mol. The van der Waals surface area contributed by atoms with Crippen molar-refractivity contribution < 1.29 is 23.9 Å². The van der Waals surface area contributed by atoms with Crippen LogP contribution < -0.4 is 5.32 Å². The van der Waals surface area contributed by atoms with Crippen LogP contribution in [-0.4, -0.2) is 41.8 Å². The molecule has 0 unspecified atom stereocenters. The molecule has 0 fully saturated rings. The van der Waals surface area contributed by atoms with Crippen LogP contribution in [0.25, 0.3) is 11.3 Å². The van der Waals surface area contributed by atoms with Gasteiger partial charge in [-0.25, -0.2) is 9.59 Å². The van der Waals surface area contributed by atoms with Crippen LogP contribution in [0.1, 0.15) is 49.4 Å². The first kappa shape index (κ1) is 23.8. The van der Waals surface area contributed by atoms with Gasteiger partial charge in [0, 0.05) is 5.56 Å². The fraction of sp³-hybridized carbons (Fsp3) is 0.238. The van der Waals surface area contributed by atoms with Gasteiger partial charge >= 0.3 is 11.9 Å². The van der Waals surface area contributed by atoms with E-state index in [1.54, 1.807) is 25.1 Å². The summed E-state index contributed by atoms with van der Waals surface area (Å²) < 4.78 is 9.99. The topological polar surface area (TPSA) is 110 Å². The molecule has 32 heavy (non-hydrogen) atoms. The van der Waals surface area contributed by atoms with Crippen molar-refractivity contribution in [3.63, 3.8) is 0 Å². The van der Waals surface area contributed by atoms with E-state index in [1.165, 1.54) is 13.2 Å². The molecule has 3 aromatic rings. The van der Waals surface area contributed by atoms with Gasteiger partial charge in [0.05, 0.1) is 35.0 Å². The van der Waals surface area contributed by atoms with Crippen LogP contribution in [0.3, 0.4) is 0 Å². The van der Waals surface area contributed by atoms with Crippen LogP contribution in [0, 0.1) is 6.92 Å². The van der Waals surface area contributed by atoms with Crippen LogP contribution in [0.15, 0.2) is 24.3 Å². The van der Waals surface area contributed by atoms with Gasteiger partial charge in [0.25, 0.3) is 5.91 Å². The van der Waals surface area contributed by atoms with Crippen molar-refractivity contribution in [1.82, 2.24) is 10.2 Å². The maximum absolute atomic E-state index is 12.8. The number of carbonyl (C=O) groups excluding carboxylic acids is 3. The Kier molecular flexibility index (Phi) is 7.55. The van der Waals surface area contributed by atoms with E-state index in [4.69, 9.17) is 32.7 Å². The van der Waals surface area contributed by atoms with Gasteiger partial charge in [0.2, 0.25) is 0 Å². The minimum absolute atomic E-state index is 0.112. The van der Waals surface area contributed by atoms with E-state index in [0.717, 1.165) is 11.3 Å². The number of benzene rings is 1. The van der Waals surface area contributed by atoms with Gasteiger partial charge in [0.15, 0.2) is 0 Å². The van der Waals surface area contributed by atoms with E-state index in [2.05, 4.69) is 15.5 Å². The second-order valence-corrected chi connectivity index (χ2v) is 8.47. The Balaban J connectivity index is 1.90. The van der Waals surface area contributed by atoms with Crippen molar-refractivity contribution in [2.45, 2.75) is 20.3 Å². The highest BCUT2D eigenvalue weighted by Crippen LogP contribution is 2.35. The number of ether oxygens (including phenoxy) is 2. The van der Waals surface area contributed by atoms with Crippen molar-refractivity contribution in [2.75, 3.05) is 19.0 Å². The van der Waals surface area contributed by atoms with E-state index >= 15 is 0 Å². The summed E-state index contributed by atoms with van der Waals surface area (Å²) in [5, 5.41) is 10.4. The first-order chi connectivity index (χ1) is 15.3. The highest BCUT2D eigenvalue weighted by molar-refractivity contribution is 7.18. The standard InChI is InChI=1S/C21H19Cl2N3O5S/c1-4-7-31-20(28)16-10(2)17(21(29)30-3)32-19(16)24-18(27)15-9-14(25-26-15)11-5-6-12(22)13(23)8-11/h5-6,8-9H,4,7H2,1-3H3,(H,24,27)(H,25,26). The number of H-pyrrole nitrogens is 1. The summed E-state index contributed by atoms with van der Waals surface area (Å²) in [6, 6.07) is 6.52. The van der Waals surface area contributed by atoms with Crippen molar-refractivity contribution in [2.24, 2.45) is 0 Å². The molecule has 0 aliphatic carbocycles. The molecule has 8 nitrogen and oxygen atoms in total. The summed E-state index contributed by atoms with van der Waals surface area (Å²) in [7, 11) is 1.24. The molecule has 2 heterocycles. The van der Waals surface area contributed by atoms with Crippen LogP contribution in [0.4, 0.5) is 5.00 Å². The zero-order chi connectivity index (χ0) is 23.4. The predicted molar refractivity (Wildman–Crippen MR) is 123 cm³/mol. The molecule has 0 radical (unpaired) electrons. The minimum Gasteiger partial charge on any atom is -0.465 e. The zero-order valence-electron chi connectivity index (χ0n) is 17.4. The number of hydrogen-bond donors (Lipinski definition) is 2. The second-order valence-electron chi connectivity index (χ2n) is 6.64.